The van der Waals surface area contributed by atoms with Gasteiger partial charge in [-0.05, 0) is 17.1 Å². The Morgan fingerprint density at radius 3 is 2.50 bits per heavy atom. The van der Waals surface area contributed by atoms with Crippen molar-refractivity contribution in [3.05, 3.63) is 52.8 Å². The Balaban J connectivity index is 2.05. The van der Waals surface area contributed by atoms with Crippen LogP contribution in [0.1, 0.15) is 32.3 Å². The van der Waals surface area contributed by atoms with Gasteiger partial charge in [0, 0.05) is 12.8 Å². The van der Waals surface area contributed by atoms with Gasteiger partial charge in [-0.15, -0.1) is 0 Å². The molecule has 0 atom stereocenters. The van der Waals surface area contributed by atoms with E-state index in [1.165, 1.54) is 0 Å². The van der Waals surface area contributed by atoms with Crippen LogP contribution in [0.4, 0.5) is 0 Å². The number of Topliss-reactive ketones (excluding diaryl/α,β-unsaturated/α-hetero) is 1. The van der Waals surface area contributed by atoms with E-state index in [0.29, 0.717) is 29.7 Å². The molecule has 0 saturated carbocycles. The van der Waals surface area contributed by atoms with E-state index < -0.39 is 5.97 Å². The van der Waals surface area contributed by atoms with Gasteiger partial charge in [0.05, 0.1) is 11.1 Å². The molecule has 1 aromatic rings. The van der Waals surface area contributed by atoms with Crippen molar-refractivity contribution in [2.45, 2.75) is 26.7 Å². The van der Waals surface area contributed by atoms with Crippen LogP contribution < -0.4 is 0 Å². The lowest BCUT2D eigenvalue weighted by Gasteiger charge is -2.27. The zero-order valence-corrected chi connectivity index (χ0v) is 11.6. The Morgan fingerprint density at radius 2 is 1.80 bits per heavy atom. The number of rotatable bonds is 1. The molecule has 0 radical (unpaired) electrons. The largest absolute Gasteiger partial charge is 0.427 e. The number of carbonyl (C=O) groups is 2. The summed E-state index contributed by atoms with van der Waals surface area (Å²) in [4.78, 5) is 24.3. The minimum absolute atomic E-state index is 0.00396. The Labute approximate surface area is 117 Å². The van der Waals surface area contributed by atoms with Gasteiger partial charge in [-0.3, -0.25) is 4.79 Å². The summed E-state index contributed by atoms with van der Waals surface area (Å²) in [5, 5.41) is 0. The second-order valence-electron chi connectivity index (χ2n) is 6.10. The van der Waals surface area contributed by atoms with E-state index in [-0.39, 0.29) is 11.2 Å². The molecule has 0 fully saturated rings. The average Bonchev–Trinajstić information content (AvgIpc) is 2.65. The molecule has 0 N–H and O–H groups in total. The minimum atomic E-state index is -0.412. The van der Waals surface area contributed by atoms with Gasteiger partial charge in [0.15, 0.2) is 5.78 Å². The van der Waals surface area contributed by atoms with Crippen molar-refractivity contribution in [3.8, 4) is 0 Å². The molecule has 1 aromatic carbocycles. The monoisotopic (exact) mass is 268 g/mol. The first-order valence-electron chi connectivity index (χ1n) is 6.72. The molecule has 20 heavy (non-hydrogen) atoms. The Morgan fingerprint density at radius 1 is 1.10 bits per heavy atom. The molecule has 3 rings (SSSR count). The second kappa shape index (κ2) is 4.44. The summed E-state index contributed by atoms with van der Waals surface area (Å²) in [5.74, 6) is 0.132. The van der Waals surface area contributed by atoms with E-state index >= 15 is 0 Å². The van der Waals surface area contributed by atoms with Crippen molar-refractivity contribution < 1.29 is 14.3 Å². The number of esters is 1. The van der Waals surface area contributed by atoms with Gasteiger partial charge >= 0.3 is 5.97 Å². The average molecular weight is 268 g/mol. The van der Waals surface area contributed by atoms with Crippen LogP contribution in [-0.4, -0.2) is 11.8 Å². The van der Waals surface area contributed by atoms with Gasteiger partial charge in [0.2, 0.25) is 0 Å². The van der Waals surface area contributed by atoms with Crippen molar-refractivity contribution in [2.24, 2.45) is 5.41 Å². The maximum Gasteiger partial charge on any atom is 0.344 e. The third kappa shape index (κ3) is 2.20. The van der Waals surface area contributed by atoms with Gasteiger partial charge in [-0.2, -0.15) is 0 Å². The van der Waals surface area contributed by atoms with Crippen molar-refractivity contribution in [3.63, 3.8) is 0 Å². The van der Waals surface area contributed by atoms with Crippen molar-refractivity contribution >= 4 is 17.8 Å². The van der Waals surface area contributed by atoms with Gasteiger partial charge in [-0.1, -0.05) is 44.2 Å². The molecule has 0 saturated heterocycles. The standard InChI is InChI=1S/C17H16O3/c1-17(2)9-13(18)15-12(16(19)20-14(15)10-17)8-11-6-4-3-5-7-11/h3-8H,9-10H2,1-2H3/b12-8+. The van der Waals surface area contributed by atoms with E-state index in [0.717, 1.165) is 5.56 Å². The van der Waals surface area contributed by atoms with Gasteiger partial charge < -0.3 is 4.74 Å². The van der Waals surface area contributed by atoms with Crippen molar-refractivity contribution in [2.75, 3.05) is 0 Å². The molecule has 0 aromatic heterocycles. The smallest absolute Gasteiger partial charge is 0.344 e. The van der Waals surface area contributed by atoms with Crippen LogP contribution in [0, 0.1) is 5.41 Å². The number of ketones is 1. The minimum Gasteiger partial charge on any atom is -0.427 e. The SMILES string of the molecule is CC1(C)CC(=O)C2=C(C1)OC(=O)/C2=C/c1ccccc1. The van der Waals surface area contributed by atoms with Crippen LogP contribution in [0.5, 0.6) is 0 Å². The highest BCUT2D eigenvalue weighted by molar-refractivity contribution is 6.16. The molecule has 0 amide bonds. The summed E-state index contributed by atoms with van der Waals surface area (Å²) in [6, 6.07) is 9.50. The molecule has 102 valence electrons. The quantitative estimate of drug-likeness (QED) is 0.580. The highest BCUT2D eigenvalue weighted by atomic mass is 16.5. The summed E-state index contributed by atoms with van der Waals surface area (Å²) in [6.45, 7) is 4.03. The highest BCUT2D eigenvalue weighted by Crippen LogP contribution is 2.43. The zero-order valence-electron chi connectivity index (χ0n) is 11.6. The summed E-state index contributed by atoms with van der Waals surface area (Å²) in [5.41, 5.74) is 1.63. The van der Waals surface area contributed by atoms with Gasteiger partial charge in [0.25, 0.3) is 0 Å². The van der Waals surface area contributed by atoms with Crippen LogP contribution in [0.2, 0.25) is 0 Å². The Hall–Kier alpha value is -2.16. The second-order valence-corrected chi connectivity index (χ2v) is 6.10. The Bertz CT molecular complexity index is 648. The van der Waals surface area contributed by atoms with E-state index in [4.69, 9.17) is 4.74 Å². The summed E-state index contributed by atoms with van der Waals surface area (Å²) in [6.07, 6.45) is 2.82. The van der Waals surface area contributed by atoms with E-state index in [1.807, 2.05) is 44.2 Å². The fraction of sp³-hybridized carbons (Fsp3) is 0.294. The number of carbonyl (C=O) groups excluding carboxylic acids is 2. The fourth-order valence-corrected chi connectivity index (χ4v) is 2.77. The van der Waals surface area contributed by atoms with Crippen LogP contribution >= 0.6 is 0 Å². The molecule has 1 aliphatic heterocycles. The summed E-state index contributed by atoms with van der Waals surface area (Å²) in [7, 11) is 0. The first-order valence-corrected chi connectivity index (χ1v) is 6.72. The molecule has 1 heterocycles. The lowest BCUT2D eigenvalue weighted by atomic mass is 9.75. The predicted molar refractivity (Wildman–Crippen MR) is 75.6 cm³/mol. The van der Waals surface area contributed by atoms with E-state index in [1.54, 1.807) is 6.08 Å². The molecule has 0 unspecified atom stereocenters. The first kappa shape index (κ1) is 12.9. The van der Waals surface area contributed by atoms with Crippen LogP contribution in [0.25, 0.3) is 6.08 Å². The number of allylic oxidation sites excluding steroid dienone is 1. The van der Waals surface area contributed by atoms with Crippen molar-refractivity contribution in [1.82, 2.24) is 0 Å². The number of benzene rings is 1. The third-order valence-electron chi connectivity index (χ3n) is 3.65. The molecule has 2 aliphatic rings. The van der Waals surface area contributed by atoms with Crippen LogP contribution in [0.15, 0.2) is 47.2 Å². The molecule has 0 bridgehead atoms. The zero-order chi connectivity index (χ0) is 14.3. The topological polar surface area (TPSA) is 43.4 Å². The lowest BCUT2D eigenvalue weighted by molar-refractivity contribution is -0.133. The number of ether oxygens (including phenoxy) is 1. The summed E-state index contributed by atoms with van der Waals surface area (Å²) < 4.78 is 5.31. The van der Waals surface area contributed by atoms with E-state index in [2.05, 4.69) is 0 Å². The third-order valence-corrected chi connectivity index (χ3v) is 3.65. The number of hydrogen-bond donors (Lipinski definition) is 0. The van der Waals surface area contributed by atoms with Gasteiger partial charge in [-0.25, -0.2) is 4.79 Å². The molecule has 3 heteroatoms. The van der Waals surface area contributed by atoms with Crippen LogP contribution in [0.3, 0.4) is 0 Å². The molecule has 1 aliphatic carbocycles. The van der Waals surface area contributed by atoms with E-state index in [9.17, 15) is 9.59 Å². The summed E-state index contributed by atoms with van der Waals surface area (Å²) >= 11 is 0. The number of hydrogen-bond acceptors (Lipinski definition) is 3. The predicted octanol–water partition coefficient (Wildman–Crippen LogP) is 3.27. The maximum atomic E-state index is 12.3. The maximum absolute atomic E-state index is 12.3. The molecular weight excluding hydrogens is 252 g/mol. The normalized spacial score (nSPS) is 23.0. The molecular formula is C17H16O3. The first-order chi connectivity index (χ1) is 9.46. The lowest BCUT2D eigenvalue weighted by Crippen LogP contribution is -2.24. The molecule has 3 nitrogen and oxygen atoms in total. The highest BCUT2D eigenvalue weighted by Gasteiger charge is 2.42. The van der Waals surface area contributed by atoms with Crippen molar-refractivity contribution in [1.29, 1.82) is 0 Å². The molecule has 0 spiro atoms. The Kier molecular flexibility index (Phi) is 2.85. The van der Waals surface area contributed by atoms with Crippen LogP contribution in [-0.2, 0) is 14.3 Å². The fourth-order valence-electron chi connectivity index (χ4n) is 2.77. The van der Waals surface area contributed by atoms with Gasteiger partial charge in [0.1, 0.15) is 5.76 Å².